The van der Waals surface area contributed by atoms with Crippen molar-refractivity contribution in [2.24, 2.45) is 10.9 Å². The number of nitrogens with two attached hydrogens (primary N) is 1. The van der Waals surface area contributed by atoms with Gasteiger partial charge in [0.15, 0.2) is 0 Å². The third-order valence-corrected chi connectivity index (χ3v) is 4.91. The minimum Gasteiger partial charge on any atom is -0.364 e. The molecule has 0 spiro atoms. The highest BCUT2D eigenvalue weighted by Gasteiger charge is 2.39. The van der Waals surface area contributed by atoms with Crippen LogP contribution in [-0.4, -0.2) is 29.7 Å². The number of hydrogen-bond acceptors (Lipinski definition) is 7. The van der Waals surface area contributed by atoms with Crippen molar-refractivity contribution in [1.29, 1.82) is 0 Å². The van der Waals surface area contributed by atoms with Gasteiger partial charge in [-0.05, 0) is 46.8 Å². The zero-order valence-corrected chi connectivity index (χ0v) is 17.5. The monoisotopic (exact) mass is 421 g/mol. The number of rotatable bonds is 8. The zero-order valence-electron chi connectivity index (χ0n) is 15.8. The molecule has 0 unspecified atom stereocenters. The number of nitrogens with one attached hydrogen (secondary N) is 1. The number of nitrogens with zero attached hydrogens (tertiary/aromatic N) is 1. The lowest BCUT2D eigenvalue weighted by molar-refractivity contribution is -0.111. The number of oxime groups is 1. The number of halogens is 1. The molecule has 0 fully saturated rings. The summed E-state index contributed by atoms with van der Waals surface area (Å²) in [5.74, 6) is -1.18. The summed E-state index contributed by atoms with van der Waals surface area (Å²) in [5.41, 5.74) is 5.89. The number of primary amides is 1. The van der Waals surface area contributed by atoms with Gasteiger partial charge in [-0.2, -0.15) is 0 Å². The van der Waals surface area contributed by atoms with E-state index in [9.17, 15) is 14.2 Å². The van der Waals surface area contributed by atoms with Gasteiger partial charge >= 0.3 is 13.7 Å². The van der Waals surface area contributed by atoms with E-state index in [4.69, 9.17) is 14.8 Å². The van der Waals surface area contributed by atoms with Crippen molar-refractivity contribution < 1.29 is 28.0 Å². The molecule has 0 atom stereocenters. The standard InChI is InChI=1S/C16H24N3O6P.ClH/c1-10(2)24-26(22,25-11(3)4)15(14(17)20)19-23-16(21)18-13-8-6-12(5)7-9-13;/h6-11H,1-5H3,(H2,17,20)(H,18,21);1H. The van der Waals surface area contributed by atoms with E-state index < -0.39 is 37.3 Å². The van der Waals surface area contributed by atoms with Crippen molar-refractivity contribution in [1.82, 2.24) is 0 Å². The van der Waals surface area contributed by atoms with Crippen molar-refractivity contribution >= 4 is 43.1 Å². The van der Waals surface area contributed by atoms with E-state index in [0.717, 1.165) is 5.56 Å². The van der Waals surface area contributed by atoms with Gasteiger partial charge in [-0.25, -0.2) is 4.79 Å². The molecule has 27 heavy (non-hydrogen) atoms. The zero-order chi connectivity index (χ0) is 19.9. The molecule has 0 aliphatic rings. The molecule has 152 valence electrons. The third-order valence-electron chi connectivity index (χ3n) is 2.69. The Labute approximate surface area is 164 Å². The predicted octanol–water partition coefficient (Wildman–Crippen LogP) is 3.81. The van der Waals surface area contributed by atoms with E-state index in [2.05, 4.69) is 15.3 Å². The van der Waals surface area contributed by atoms with Gasteiger partial charge in [-0.1, -0.05) is 22.9 Å². The van der Waals surface area contributed by atoms with E-state index in [-0.39, 0.29) is 12.4 Å². The van der Waals surface area contributed by atoms with E-state index in [1.807, 2.05) is 6.92 Å². The number of anilines is 1. The minimum atomic E-state index is -4.17. The minimum absolute atomic E-state index is 0. The predicted molar refractivity (Wildman–Crippen MR) is 105 cm³/mol. The van der Waals surface area contributed by atoms with Gasteiger partial charge in [-0.3, -0.25) is 19.5 Å². The van der Waals surface area contributed by atoms with Crippen LogP contribution in [0, 0.1) is 6.92 Å². The van der Waals surface area contributed by atoms with Crippen LogP contribution >= 0.6 is 20.0 Å². The maximum atomic E-state index is 12.9. The number of amides is 2. The van der Waals surface area contributed by atoms with E-state index >= 15 is 0 Å². The first-order valence-electron chi connectivity index (χ1n) is 7.93. The van der Waals surface area contributed by atoms with Crippen LogP contribution < -0.4 is 11.1 Å². The van der Waals surface area contributed by atoms with Gasteiger partial charge in [0, 0.05) is 5.69 Å². The highest BCUT2D eigenvalue weighted by atomic mass is 35.5. The second-order valence-corrected chi connectivity index (χ2v) is 7.79. The van der Waals surface area contributed by atoms with E-state index in [0.29, 0.717) is 5.69 Å². The van der Waals surface area contributed by atoms with Gasteiger partial charge in [0.2, 0.25) is 0 Å². The summed E-state index contributed by atoms with van der Waals surface area (Å²) >= 11 is 0. The average Bonchev–Trinajstić information content (AvgIpc) is 2.47. The molecule has 1 rings (SSSR count). The molecule has 0 bridgehead atoms. The molecule has 0 aliphatic heterocycles. The summed E-state index contributed by atoms with van der Waals surface area (Å²) < 4.78 is 23.3. The van der Waals surface area contributed by atoms with Crippen LogP contribution in [0.3, 0.4) is 0 Å². The first-order chi connectivity index (χ1) is 12.0. The summed E-state index contributed by atoms with van der Waals surface area (Å²) in [6.45, 7) is 8.28. The average molecular weight is 422 g/mol. The van der Waals surface area contributed by atoms with E-state index in [1.54, 1.807) is 52.0 Å². The van der Waals surface area contributed by atoms with Crippen LogP contribution in [0.2, 0.25) is 0 Å². The molecule has 0 saturated heterocycles. The quantitative estimate of drug-likeness (QED) is 0.284. The Morgan fingerprint density at radius 3 is 1.96 bits per heavy atom. The molecule has 1 aromatic carbocycles. The molecule has 11 heteroatoms. The lowest BCUT2D eigenvalue weighted by Crippen LogP contribution is -2.28. The molecule has 9 nitrogen and oxygen atoms in total. The highest BCUT2D eigenvalue weighted by Crippen LogP contribution is 2.52. The first kappa shape index (κ1) is 25.1. The van der Waals surface area contributed by atoms with Crippen LogP contribution in [-0.2, 0) is 23.2 Å². The lowest BCUT2D eigenvalue weighted by Gasteiger charge is -2.21. The molecule has 2 amide bonds. The van der Waals surface area contributed by atoms with Crippen molar-refractivity contribution in [3.63, 3.8) is 0 Å². The van der Waals surface area contributed by atoms with Crippen LogP contribution in [0.4, 0.5) is 10.5 Å². The third kappa shape index (κ3) is 8.53. The molecule has 0 aromatic heterocycles. The van der Waals surface area contributed by atoms with Gasteiger partial charge in [0.25, 0.3) is 11.4 Å². The number of benzene rings is 1. The molecular formula is C16H25ClN3O6P. The molecular weight excluding hydrogens is 397 g/mol. The van der Waals surface area contributed by atoms with Gasteiger partial charge in [0.05, 0.1) is 12.2 Å². The summed E-state index contributed by atoms with van der Waals surface area (Å²) in [4.78, 5) is 28.1. The number of aryl methyl sites for hydroxylation is 1. The van der Waals surface area contributed by atoms with Crippen molar-refractivity contribution in [2.45, 2.75) is 46.8 Å². The second kappa shape index (κ2) is 11.0. The summed E-state index contributed by atoms with van der Waals surface area (Å²) in [6, 6.07) is 6.89. The molecule has 0 radical (unpaired) electrons. The van der Waals surface area contributed by atoms with Crippen LogP contribution in [0.5, 0.6) is 0 Å². The Bertz CT molecular complexity index is 707. The molecule has 1 aromatic rings. The number of hydrogen-bond donors (Lipinski definition) is 2. The normalized spacial score (nSPS) is 11.9. The SMILES string of the molecule is Cc1ccc(NC(=O)ON=C(C(N)=O)P(=O)(OC(C)C)OC(C)C)cc1.Cl. The Kier molecular flexibility index (Phi) is 10.2. The summed E-state index contributed by atoms with van der Waals surface area (Å²) in [5, 5.41) is 5.74. The Morgan fingerprint density at radius 2 is 1.56 bits per heavy atom. The fourth-order valence-corrected chi connectivity index (χ4v) is 3.54. The van der Waals surface area contributed by atoms with Gasteiger partial charge in [-0.15, -0.1) is 12.4 Å². The Hall–Kier alpha value is -1.93. The molecule has 3 N–H and O–H groups in total. The first-order valence-corrected chi connectivity index (χ1v) is 9.47. The van der Waals surface area contributed by atoms with Crippen LogP contribution in [0.15, 0.2) is 29.4 Å². The summed E-state index contributed by atoms with van der Waals surface area (Å²) in [7, 11) is -4.17. The number of carbonyl (C=O) groups is 2. The maximum absolute atomic E-state index is 12.9. The van der Waals surface area contributed by atoms with Crippen molar-refractivity contribution in [3.05, 3.63) is 29.8 Å². The maximum Gasteiger partial charge on any atom is 0.437 e. The Morgan fingerprint density at radius 1 is 1.07 bits per heavy atom. The van der Waals surface area contributed by atoms with Gasteiger partial charge in [0.1, 0.15) is 0 Å². The lowest BCUT2D eigenvalue weighted by atomic mass is 10.2. The van der Waals surface area contributed by atoms with Gasteiger partial charge < -0.3 is 14.8 Å². The topological polar surface area (TPSA) is 129 Å². The fraction of sp³-hybridized carbons (Fsp3) is 0.438. The smallest absolute Gasteiger partial charge is 0.364 e. The number of carbonyl (C=O) groups excluding carboxylic acids is 2. The fourth-order valence-electron chi connectivity index (χ4n) is 1.77. The molecule has 0 aliphatic carbocycles. The highest BCUT2D eigenvalue weighted by molar-refractivity contribution is 7.75. The largest absolute Gasteiger partial charge is 0.437 e. The van der Waals surface area contributed by atoms with E-state index in [1.165, 1.54) is 0 Å². The second-order valence-electron chi connectivity index (χ2n) is 5.95. The summed E-state index contributed by atoms with van der Waals surface area (Å²) in [6.07, 6.45) is -2.09. The van der Waals surface area contributed by atoms with Crippen molar-refractivity contribution in [2.75, 3.05) is 5.32 Å². The van der Waals surface area contributed by atoms with Crippen LogP contribution in [0.1, 0.15) is 33.3 Å². The molecule has 0 heterocycles. The molecule has 0 saturated carbocycles. The van der Waals surface area contributed by atoms with Crippen LogP contribution in [0.25, 0.3) is 0 Å². The van der Waals surface area contributed by atoms with Crippen molar-refractivity contribution in [3.8, 4) is 0 Å². The Balaban J connectivity index is 0.00000676.